The van der Waals surface area contributed by atoms with Crippen LogP contribution in [0.15, 0.2) is 71.3 Å². The predicted octanol–water partition coefficient (Wildman–Crippen LogP) is 3.31. The highest BCUT2D eigenvalue weighted by Crippen LogP contribution is 2.30. The van der Waals surface area contributed by atoms with Crippen LogP contribution in [0.3, 0.4) is 0 Å². The fourth-order valence-electron chi connectivity index (χ4n) is 2.69. The molecule has 0 bridgehead atoms. The Morgan fingerprint density at radius 2 is 1.62 bits per heavy atom. The van der Waals surface area contributed by atoms with Crippen molar-refractivity contribution < 1.29 is 9.63 Å². The molecule has 0 aliphatic carbocycles. The zero-order valence-corrected chi connectivity index (χ0v) is 13.9. The summed E-state index contributed by atoms with van der Waals surface area (Å²) in [6, 6.07) is 19.1. The van der Waals surface area contributed by atoms with Crippen LogP contribution in [0.4, 0.5) is 5.69 Å². The van der Waals surface area contributed by atoms with Gasteiger partial charge in [0.1, 0.15) is 0 Å². The zero-order valence-electron chi connectivity index (χ0n) is 13.9. The van der Waals surface area contributed by atoms with Gasteiger partial charge >= 0.3 is 0 Å². The number of hydrogen-bond donors (Lipinski definition) is 0. The molecule has 0 saturated carbocycles. The van der Waals surface area contributed by atoms with Crippen LogP contribution in [-0.2, 0) is 9.63 Å². The SMILES string of the molecule is CON(C)/C(=C1\C(=O)N(c2ccccc2)N=C1C)c1ccccc1. The van der Waals surface area contributed by atoms with Crippen molar-refractivity contribution in [2.24, 2.45) is 5.10 Å². The highest BCUT2D eigenvalue weighted by molar-refractivity contribution is 6.33. The first-order valence-electron chi connectivity index (χ1n) is 7.66. The van der Waals surface area contributed by atoms with Gasteiger partial charge in [0.05, 0.1) is 29.8 Å². The van der Waals surface area contributed by atoms with Crippen LogP contribution in [0.25, 0.3) is 5.70 Å². The van der Waals surface area contributed by atoms with E-state index < -0.39 is 0 Å². The van der Waals surface area contributed by atoms with Crippen molar-refractivity contribution in [3.63, 3.8) is 0 Å². The van der Waals surface area contributed by atoms with Gasteiger partial charge in [-0.05, 0) is 19.1 Å². The molecule has 0 N–H and O–H groups in total. The summed E-state index contributed by atoms with van der Waals surface area (Å²) in [7, 11) is 3.35. The summed E-state index contributed by atoms with van der Waals surface area (Å²) < 4.78 is 0. The number of carbonyl (C=O) groups is 1. The lowest BCUT2D eigenvalue weighted by Crippen LogP contribution is -2.25. The van der Waals surface area contributed by atoms with Gasteiger partial charge in [-0.15, -0.1) is 0 Å². The lowest BCUT2D eigenvalue weighted by atomic mass is 10.0. The molecule has 0 saturated heterocycles. The molecule has 24 heavy (non-hydrogen) atoms. The third-order valence-corrected chi connectivity index (χ3v) is 3.89. The maximum Gasteiger partial charge on any atom is 0.282 e. The Morgan fingerprint density at radius 1 is 1.04 bits per heavy atom. The van der Waals surface area contributed by atoms with Gasteiger partial charge in [0.2, 0.25) is 0 Å². The smallest absolute Gasteiger partial charge is 0.277 e. The summed E-state index contributed by atoms with van der Waals surface area (Å²) in [6.45, 7) is 1.84. The molecule has 0 spiro atoms. The van der Waals surface area contributed by atoms with Crippen LogP contribution >= 0.6 is 0 Å². The van der Waals surface area contributed by atoms with Gasteiger partial charge in [-0.2, -0.15) is 10.1 Å². The second kappa shape index (κ2) is 6.68. The molecule has 1 heterocycles. The second-order valence-corrected chi connectivity index (χ2v) is 5.41. The lowest BCUT2D eigenvalue weighted by molar-refractivity contribution is -0.114. The molecule has 3 rings (SSSR count). The highest BCUT2D eigenvalue weighted by Gasteiger charge is 2.33. The van der Waals surface area contributed by atoms with Crippen molar-refractivity contribution in [2.45, 2.75) is 6.92 Å². The van der Waals surface area contributed by atoms with Gasteiger partial charge in [0, 0.05) is 12.6 Å². The van der Waals surface area contributed by atoms with Crippen LogP contribution in [0.2, 0.25) is 0 Å². The van der Waals surface area contributed by atoms with E-state index in [4.69, 9.17) is 4.84 Å². The van der Waals surface area contributed by atoms with Crippen LogP contribution < -0.4 is 5.01 Å². The first-order chi connectivity index (χ1) is 11.6. The molecule has 0 fully saturated rings. The second-order valence-electron chi connectivity index (χ2n) is 5.41. The van der Waals surface area contributed by atoms with Crippen LogP contribution in [-0.4, -0.2) is 30.8 Å². The average molecular weight is 321 g/mol. The van der Waals surface area contributed by atoms with E-state index in [1.165, 1.54) is 5.01 Å². The molecule has 0 aromatic heterocycles. The fourth-order valence-corrected chi connectivity index (χ4v) is 2.69. The number of anilines is 1. The number of hydroxylamine groups is 2. The van der Waals surface area contributed by atoms with Gasteiger partial charge in [-0.1, -0.05) is 48.5 Å². The summed E-state index contributed by atoms with van der Waals surface area (Å²) in [6.07, 6.45) is 0. The molecule has 122 valence electrons. The summed E-state index contributed by atoms with van der Waals surface area (Å²) in [4.78, 5) is 18.4. The third-order valence-electron chi connectivity index (χ3n) is 3.89. The Morgan fingerprint density at radius 3 is 2.21 bits per heavy atom. The number of hydrazone groups is 1. The minimum absolute atomic E-state index is 0.165. The first-order valence-corrected chi connectivity index (χ1v) is 7.66. The van der Waals surface area contributed by atoms with Gasteiger partial charge in [-0.25, -0.2) is 0 Å². The maximum absolute atomic E-state index is 13.0. The molecule has 1 amide bonds. The summed E-state index contributed by atoms with van der Waals surface area (Å²) in [5, 5.41) is 7.47. The number of rotatable bonds is 4. The Kier molecular flexibility index (Phi) is 4.44. The highest BCUT2D eigenvalue weighted by atomic mass is 16.7. The van der Waals surface area contributed by atoms with E-state index in [2.05, 4.69) is 5.10 Å². The largest absolute Gasteiger partial charge is 0.282 e. The Labute approximate surface area is 141 Å². The van der Waals surface area contributed by atoms with Crippen molar-refractivity contribution in [3.05, 3.63) is 71.8 Å². The number of benzene rings is 2. The number of para-hydroxylation sites is 1. The minimum atomic E-state index is -0.165. The Bertz CT molecular complexity index is 798. The summed E-state index contributed by atoms with van der Waals surface area (Å²) >= 11 is 0. The average Bonchev–Trinajstić information content (AvgIpc) is 2.92. The lowest BCUT2D eigenvalue weighted by Gasteiger charge is -2.22. The van der Waals surface area contributed by atoms with E-state index in [-0.39, 0.29) is 5.91 Å². The van der Waals surface area contributed by atoms with Crippen LogP contribution in [0, 0.1) is 0 Å². The molecule has 2 aromatic rings. The van der Waals surface area contributed by atoms with Gasteiger partial charge in [-0.3, -0.25) is 14.7 Å². The van der Waals surface area contributed by atoms with E-state index >= 15 is 0 Å². The maximum atomic E-state index is 13.0. The van der Waals surface area contributed by atoms with Crippen LogP contribution in [0.1, 0.15) is 12.5 Å². The first kappa shape index (κ1) is 16.0. The Hall–Kier alpha value is -2.92. The van der Waals surface area contributed by atoms with E-state index in [1.807, 2.05) is 67.6 Å². The molecule has 0 unspecified atom stereocenters. The zero-order chi connectivity index (χ0) is 17.1. The standard InChI is InChI=1S/C19H19N3O2/c1-14-17(18(21(2)24-3)15-10-6-4-7-11-15)19(23)22(20-14)16-12-8-5-9-13-16/h4-13H,1-3H3/b18-17-. The number of hydrogen-bond acceptors (Lipinski definition) is 4. The number of amides is 1. The van der Waals surface area contributed by atoms with E-state index in [9.17, 15) is 4.79 Å². The van der Waals surface area contributed by atoms with E-state index in [0.717, 1.165) is 11.3 Å². The fraction of sp³-hybridized carbons (Fsp3) is 0.158. The van der Waals surface area contributed by atoms with Crippen molar-refractivity contribution in [1.82, 2.24) is 5.06 Å². The van der Waals surface area contributed by atoms with Crippen molar-refractivity contribution in [2.75, 3.05) is 19.2 Å². The van der Waals surface area contributed by atoms with Crippen LogP contribution in [0.5, 0.6) is 0 Å². The van der Waals surface area contributed by atoms with E-state index in [0.29, 0.717) is 17.0 Å². The van der Waals surface area contributed by atoms with Crippen molar-refractivity contribution >= 4 is 23.0 Å². The summed E-state index contributed by atoms with van der Waals surface area (Å²) in [5.41, 5.74) is 3.53. The van der Waals surface area contributed by atoms with Crippen molar-refractivity contribution in [1.29, 1.82) is 0 Å². The normalized spacial score (nSPS) is 16.2. The number of nitrogens with zero attached hydrogens (tertiary/aromatic N) is 3. The molecule has 5 heteroatoms. The molecule has 0 atom stereocenters. The Balaban J connectivity index is 2.13. The number of carbonyl (C=O) groups excluding carboxylic acids is 1. The van der Waals surface area contributed by atoms with E-state index in [1.54, 1.807) is 19.2 Å². The van der Waals surface area contributed by atoms with Gasteiger partial charge in [0.25, 0.3) is 5.91 Å². The predicted molar refractivity (Wildman–Crippen MR) is 95.2 cm³/mol. The van der Waals surface area contributed by atoms with Gasteiger partial charge < -0.3 is 0 Å². The molecule has 0 radical (unpaired) electrons. The van der Waals surface area contributed by atoms with Gasteiger partial charge in [0.15, 0.2) is 0 Å². The molecule has 5 nitrogen and oxygen atoms in total. The molecular weight excluding hydrogens is 302 g/mol. The third kappa shape index (κ3) is 2.81. The topological polar surface area (TPSA) is 45.1 Å². The summed E-state index contributed by atoms with van der Waals surface area (Å²) in [5.74, 6) is -0.165. The monoisotopic (exact) mass is 321 g/mol. The minimum Gasteiger partial charge on any atom is -0.277 e. The van der Waals surface area contributed by atoms with Crippen molar-refractivity contribution in [3.8, 4) is 0 Å². The quantitative estimate of drug-likeness (QED) is 0.641. The molecule has 1 aliphatic rings. The molecule has 1 aliphatic heterocycles. The molecular formula is C19H19N3O2. The molecule has 2 aromatic carbocycles.